The standard InChI is InChI=1S/C11H11NO3/c1-2-14-11(13)15-10-7-8-5-3-4-6-9(8)12-10/h3-7,12H,2H2,1H3. The van der Waals surface area contributed by atoms with E-state index in [9.17, 15) is 4.79 Å². The Hall–Kier alpha value is -1.97. The second-order valence-electron chi connectivity index (χ2n) is 3.01. The van der Waals surface area contributed by atoms with Gasteiger partial charge in [-0.15, -0.1) is 0 Å². The second kappa shape index (κ2) is 4.04. The minimum Gasteiger partial charge on any atom is -0.434 e. The topological polar surface area (TPSA) is 51.3 Å². The van der Waals surface area contributed by atoms with Crippen molar-refractivity contribution in [2.75, 3.05) is 6.61 Å². The predicted molar refractivity (Wildman–Crippen MR) is 55.9 cm³/mol. The third-order valence-corrected chi connectivity index (χ3v) is 1.96. The molecule has 0 amide bonds. The summed E-state index contributed by atoms with van der Waals surface area (Å²) in [6, 6.07) is 9.43. The van der Waals surface area contributed by atoms with E-state index in [4.69, 9.17) is 4.74 Å². The zero-order valence-corrected chi connectivity index (χ0v) is 8.32. The summed E-state index contributed by atoms with van der Waals surface area (Å²) < 4.78 is 9.58. The van der Waals surface area contributed by atoms with Crippen LogP contribution < -0.4 is 4.74 Å². The van der Waals surface area contributed by atoms with Crippen molar-refractivity contribution >= 4 is 17.1 Å². The normalized spacial score (nSPS) is 10.2. The van der Waals surface area contributed by atoms with Crippen molar-refractivity contribution in [2.24, 2.45) is 0 Å². The van der Waals surface area contributed by atoms with Gasteiger partial charge < -0.3 is 14.5 Å². The molecule has 0 aliphatic carbocycles. The average molecular weight is 205 g/mol. The second-order valence-corrected chi connectivity index (χ2v) is 3.01. The molecule has 0 spiro atoms. The Morgan fingerprint density at radius 3 is 2.93 bits per heavy atom. The first kappa shape index (κ1) is 9.58. The Kier molecular flexibility index (Phi) is 2.58. The number of nitrogens with one attached hydrogen (secondary N) is 1. The number of ether oxygens (including phenoxy) is 2. The van der Waals surface area contributed by atoms with Crippen LogP contribution in [0.2, 0.25) is 0 Å². The van der Waals surface area contributed by atoms with Gasteiger partial charge in [0.25, 0.3) is 0 Å². The summed E-state index contributed by atoms with van der Waals surface area (Å²) in [6.45, 7) is 2.03. The summed E-state index contributed by atoms with van der Waals surface area (Å²) in [5.74, 6) is 0.398. The van der Waals surface area contributed by atoms with Crippen molar-refractivity contribution < 1.29 is 14.3 Å². The number of aromatic nitrogens is 1. The highest BCUT2D eigenvalue weighted by molar-refractivity contribution is 5.82. The van der Waals surface area contributed by atoms with E-state index in [2.05, 4.69) is 9.72 Å². The minimum absolute atomic E-state index is 0.305. The Bertz CT molecular complexity index is 442. The highest BCUT2D eigenvalue weighted by Gasteiger charge is 2.07. The number of hydrogen-bond donors (Lipinski definition) is 1. The number of carbonyl (C=O) groups is 1. The van der Waals surface area contributed by atoms with Crippen LogP contribution in [0.4, 0.5) is 4.79 Å². The zero-order chi connectivity index (χ0) is 10.7. The van der Waals surface area contributed by atoms with Gasteiger partial charge in [-0.3, -0.25) is 0 Å². The zero-order valence-electron chi connectivity index (χ0n) is 8.32. The molecule has 0 saturated carbocycles. The first-order valence-electron chi connectivity index (χ1n) is 4.72. The monoisotopic (exact) mass is 205 g/mol. The number of para-hydroxylation sites is 1. The molecule has 0 radical (unpaired) electrons. The summed E-state index contributed by atoms with van der Waals surface area (Å²) in [4.78, 5) is 14.0. The summed E-state index contributed by atoms with van der Waals surface area (Å²) in [7, 11) is 0. The van der Waals surface area contributed by atoms with Gasteiger partial charge in [0.05, 0.1) is 6.61 Å². The summed E-state index contributed by atoms with van der Waals surface area (Å²) in [5, 5.41) is 0.997. The van der Waals surface area contributed by atoms with Gasteiger partial charge in [-0.05, 0) is 13.0 Å². The van der Waals surface area contributed by atoms with Gasteiger partial charge in [0.2, 0.25) is 5.88 Å². The maximum atomic E-state index is 11.0. The van der Waals surface area contributed by atoms with Crippen LogP contribution >= 0.6 is 0 Å². The molecule has 2 aromatic rings. The van der Waals surface area contributed by atoms with Gasteiger partial charge in [-0.25, -0.2) is 4.79 Å². The molecule has 1 heterocycles. The van der Waals surface area contributed by atoms with E-state index in [-0.39, 0.29) is 0 Å². The van der Waals surface area contributed by atoms with Gasteiger partial charge in [-0.2, -0.15) is 0 Å². The minimum atomic E-state index is -0.691. The van der Waals surface area contributed by atoms with Crippen LogP contribution in [-0.2, 0) is 4.74 Å². The first-order chi connectivity index (χ1) is 7.29. The molecule has 15 heavy (non-hydrogen) atoms. The lowest BCUT2D eigenvalue weighted by Crippen LogP contribution is -2.09. The van der Waals surface area contributed by atoms with Crippen LogP contribution in [0.5, 0.6) is 5.88 Å². The lowest BCUT2D eigenvalue weighted by Gasteiger charge is -1.99. The maximum absolute atomic E-state index is 11.0. The number of aromatic amines is 1. The van der Waals surface area contributed by atoms with Crippen molar-refractivity contribution in [3.63, 3.8) is 0 Å². The molecule has 0 aliphatic heterocycles. The Balaban J connectivity index is 2.18. The molecule has 0 atom stereocenters. The highest BCUT2D eigenvalue weighted by Crippen LogP contribution is 2.19. The van der Waals surface area contributed by atoms with Crippen molar-refractivity contribution in [1.82, 2.24) is 4.98 Å². The number of fused-ring (bicyclic) bond motifs is 1. The van der Waals surface area contributed by atoms with E-state index in [1.54, 1.807) is 13.0 Å². The lowest BCUT2D eigenvalue weighted by atomic mass is 10.3. The third-order valence-electron chi connectivity index (χ3n) is 1.96. The van der Waals surface area contributed by atoms with E-state index < -0.39 is 6.16 Å². The third kappa shape index (κ3) is 2.10. The number of hydrogen-bond acceptors (Lipinski definition) is 3. The molecule has 0 saturated heterocycles. The molecule has 4 heteroatoms. The highest BCUT2D eigenvalue weighted by atomic mass is 16.7. The fourth-order valence-electron chi connectivity index (χ4n) is 1.34. The maximum Gasteiger partial charge on any atom is 0.515 e. The smallest absolute Gasteiger partial charge is 0.434 e. The summed E-state index contributed by atoms with van der Waals surface area (Å²) in [5.41, 5.74) is 0.928. The van der Waals surface area contributed by atoms with E-state index >= 15 is 0 Å². The van der Waals surface area contributed by atoms with E-state index in [1.165, 1.54) is 0 Å². The molecule has 0 bridgehead atoms. The first-order valence-corrected chi connectivity index (χ1v) is 4.72. The van der Waals surface area contributed by atoms with E-state index in [0.717, 1.165) is 10.9 Å². The van der Waals surface area contributed by atoms with Crippen LogP contribution in [0, 0.1) is 0 Å². The molecule has 2 rings (SSSR count). The lowest BCUT2D eigenvalue weighted by molar-refractivity contribution is 0.103. The average Bonchev–Trinajstić information content (AvgIpc) is 2.59. The van der Waals surface area contributed by atoms with Gasteiger partial charge in [0.15, 0.2) is 0 Å². The molecule has 1 aromatic carbocycles. The van der Waals surface area contributed by atoms with Gasteiger partial charge >= 0.3 is 6.16 Å². The Morgan fingerprint density at radius 2 is 2.20 bits per heavy atom. The molecular weight excluding hydrogens is 194 g/mol. The van der Waals surface area contributed by atoms with Gasteiger partial charge in [0, 0.05) is 17.0 Å². The van der Waals surface area contributed by atoms with Crippen molar-refractivity contribution in [1.29, 1.82) is 0 Å². The molecule has 4 nitrogen and oxygen atoms in total. The SMILES string of the molecule is CCOC(=O)Oc1cc2ccccc2[nH]1. The molecule has 1 aromatic heterocycles. The quantitative estimate of drug-likeness (QED) is 0.767. The summed E-state index contributed by atoms with van der Waals surface area (Å²) >= 11 is 0. The van der Waals surface area contributed by atoms with Crippen LogP contribution in [0.3, 0.4) is 0 Å². The number of rotatable bonds is 2. The van der Waals surface area contributed by atoms with Crippen LogP contribution in [0.1, 0.15) is 6.92 Å². The van der Waals surface area contributed by atoms with Crippen LogP contribution in [0.25, 0.3) is 10.9 Å². The number of benzene rings is 1. The predicted octanol–water partition coefficient (Wildman–Crippen LogP) is 2.70. The van der Waals surface area contributed by atoms with E-state index in [1.807, 2.05) is 24.3 Å². The van der Waals surface area contributed by atoms with Crippen molar-refractivity contribution in [3.05, 3.63) is 30.3 Å². The van der Waals surface area contributed by atoms with Gasteiger partial charge in [-0.1, -0.05) is 18.2 Å². The molecule has 0 fully saturated rings. The molecule has 1 N–H and O–H groups in total. The van der Waals surface area contributed by atoms with Crippen molar-refractivity contribution in [3.8, 4) is 5.88 Å². The fraction of sp³-hybridized carbons (Fsp3) is 0.182. The van der Waals surface area contributed by atoms with E-state index in [0.29, 0.717) is 12.5 Å². The van der Waals surface area contributed by atoms with Gasteiger partial charge in [0.1, 0.15) is 0 Å². The molecule has 0 aliphatic rings. The van der Waals surface area contributed by atoms with Crippen LogP contribution in [0.15, 0.2) is 30.3 Å². The summed E-state index contributed by atoms with van der Waals surface area (Å²) in [6.07, 6.45) is -0.691. The fourth-order valence-corrected chi connectivity index (χ4v) is 1.34. The van der Waals surface area contributed by atoms with Crippen LogP contribution in [-0.4, -0.2) is 17.7 Å². The Labute approximate surface area is 86.8 Å². The largest absolute Gasteiger partial charge is 0.515 e. The molecular formula is C11H11NO3. The number of H-pyrrole nitrogens is 1. The molecule has 0 unspecified atom stereocenters. The Morgan fingerprint density at radius 1 is 1.40 bits per heavy atom. The number of carbonyl (C=O) groups excluding carboxylic acids is 1. The molecule has 78 valence electrons. The van der Waals surface area contributed by atoms with Crippen molar-refractivity contribution in [2.45, 2.75) is 6.92 Å².